The van der Waals surface area contributed by atoms with Gasteiger partial charge in [-0.15, -0.1) is 0 Å². The van der Waals surface area contributed by atoms with Crippen molar-refractivity contribution in [1.29, 1.82) is 0 Å². The lowest BCUT2D eigenvalue weighted by atomic mass is 10.1. The number of benzene rings is 1. The van der Waals surface area contributed by atoms with Gasteiger partial charge < -0.3 is 4.85 Å². The Balaban J connectivity index is 3.38. The molecule has 0 aliphatic rings. The van der Waals surface area contributed by atoms with E-state index >= 15 is 0 Å². The number of nitrogens with zero attached hydrogens (tertiary/aromatic N) is 2. The third-order valence-corrected chi connectivity index (χ3v) is 1.84. The molecule has 0 heterocycles. The Kier molecular flexibility index (Phi) is 2.77. The van der Waals surface area contributed by atoms with Crippen LogP contribution in [0, 0.1) is 22.5 Å². The molecule has 5 heteroatoms. The summed E-state index contributed by atoms with van der Waals surface area (Å²) in [4.78, 5) is 12.9. The quantitative estimate of drug-likeness (QED) is 0.413. The second kappa shape index (κ2) is 3.83. The summed E-state index contributed by atoms with van der Waals surface area (Å²) in [6.45, 7) is 8.15. The Hall–Kier alpha value is -1.96. The maximum absolute atomic E-state index is 13.2. The molecule has 4 nitrogen and oxygen atoms in total. The fraction of sp³-hybridized carbons (Fsp3) is 0.222. The van der Waals surface area contributed by atoms with E-state index in [-0.39, 0.29) is 11.3 Å². The molecular weight excluding hydrogens is 187 g/mol. The molecule has 1 aromatic carbocycles. The van der Waals surface area contributed by atoms with E-state index in [1.807, 2.05) is 0 Å². The van der Waals surface area contributed by atoms with Crippen molar-refractivity contribution < 1.29 is 9.31 Å². The molecule has 0 N–H and O–H groups in total. The molecule has 72 valence electrons. The van der Waals surface area contributed by atoms with Gasteiger partial charge in [0.1, 0.15) is 11.4 Å². The van der Waals surface area contributed by atoms with Crippen LogP contribution in [0.25, 0.3) is 4.85 Å². The lowest BCUT2D eigenvalue weighted by Gasteiger charge is -2.02. The van der Waals surface area contributed by atoms with E-state index < -0.39 is 16.8 Å². The number of nitro benzene ring substituents is 1. The summed E-state index contributed by atoms with van der Waals surface area (Å²) in [5.41, 5.74) is -0.485. The molecule has 0 radical (unpaired) electrons. The summed E-state index contributed by atoms with van der Waals surface area (Å²) in [6.07, 6.45) is 0. The molecule has 1 aromatic rings. The molecule has 0 aliphatic carbocycles. The topological polar surface area (TPSA) is 47.5 Å². The predicted octanol–water partition coefficient (Wildman–Crippen LogP) is 2.71. The van der Waals surface area contributed by atoms with Gasteiger partial charge in [0, 0.05) is 13.0 Å². The van der Waals surface area contributed by atoms with Gasteiger partial charge in [0.05, 0.1) is 4.92 Å². The van der Waals surface area contributed by atoms with Crippen LogP contribution in [0.2, 0.25) is 0 Å². The van der Waals surface area contributed by atoms with Gasteiger partial charge in [-0.1, -0.05) is 6.07 Å². The van der Waals surface area contributed by atoms with E-state index in [1.165, 1.54) is 19.1 Å². The second-order valence-electron chi connectivity index (χ2n) is 2.73. The Morgan fingerprint density at radius 3 is 2.79 bits per heavy atom. The summed E-state index contributed by atoms with van der Waals surface area (Å²) >= 11 is 0. The molecule has 0 spiro atoms. The molecule has 0 saturated heterocycles. The largest absolute Gasteiger partial charge is 0.308 e. The van der Waals surface area contributed by atoms with E-state index in [4.69, 9.17) is 6.57 Å². The van der Waals surface area contributed by atoms with Crippen LogP contribution in [-0.2, 0) is 0 Å². The fourth-order valence-electron chi connectivity index (χ4n) is 1.16. The molecule has 0 saturated carbocycles. The van der Waals surface area contributed by atoms with Crippen molar-refractivity contribution in [3.63, 3.8) is 0 Å². The van der Waals surface area contributed by atoms with Crippen LogP contribution in [0.15, 0.2) is 18.2 Å². The Labute approximate surface area is 79.9 Å². The molecule has 0 aliphatic heterocycles. The monoisotopic (exact) mass is 194 g/mol. The van der Waals surface area contributed by atoms with E-state index in [2.05, 4.69) is 4.85 Å². The lowest BCUT2D eigenvalue weighted by Crippen LogP contribution is -2.00. The zero-order valence-electron chi connectivity index (χ0n) is 7.40. The second-order valence-corrected chi connectivity index (χ2v) is 2.73. The molecule has 0 fully saturated rings. The minimum atomic E-state index is -0.836. The van der Waals surface area contributed by atoms with Crippen molar-refractivity contribution in [2.75, 3.05) is 0 Å². The zero-order chi connectivity index (χ0) is 10.7. The average Bonchev–Trinajstić information content (AvgIpc) is 2.16. The first-order valence-electron chi connectivity index (χ1n) is 3.87. The average molecular weight is 194 g/mol. The van der Waals surface area contributed by atoms with Gasteiger partial charge in [0.2, 0.25) is 0 Å². The molecule has 0 aromatic heterocycles. The summed E-state index contributed by atoms with van der Waals surface area (Å²) in [7, 11) is 0. The Morgan fingerprint density at radius 2 is 2.29 bits per heavy atom. The maximum Gasteiger partial charge on any atom is 0.283 e. The van der Waals surface area contributed by atoms with Gasteiger partial charge in [0.15, 0.2) is 0 Å². The van der Waals surface area contributed by atoms with Gasteiger partial charge in [-0.2, -0.15) is 0 Å². The van der Waals surface area contributed by atoms with Crippen molar-refractivity contribution in [3.05, 3.63) is 51.1 Å². The number of hydrogen-bond acceptors (Lipinski definition) is 2. The Bertz CT molecular complexity index is 412. The van der Waals surface area contributed by atoms with E-state index in [1.54, 1.807) is 0 Å². The highest BCUT2D eigenvalue weighted by molar-refractivity contribution is 5.43. The first-order valence-corrected chi connectivity index (χ1v) is 3.87. The van der Waals surface area contributed by atoms with Crippen molar-refractivity contribution in [2.24, 2.45) is 0 Å². The fourth-order valence-corrected chi connectivity index (χ4v) is 1.16. The first-order chi connectivity index (χ1) is 6.57. The minimum Gasteiger partial charge on any atom is -0.308 e. The number of rotatable bonds is 2. The summed E-state index contributed by atoms with van der Waals surface area (Å²) in [6, 6.07) is 2.73. The normalized spacial score (nSPS) is 11.8. The van der Waals surface area contributed by atoms with Crippen LogP contribution in [0.1, 0.15) is 18.5 Å². The van der Waals surface area contributed by atoms with E-state index in [0.717, 1.165) is 6.07 Å². The van der Waals surface area contributed by atoms with Crippen LogP contribution in [0.4, 0.5) is 10.1 Å². The first kappa shape index (κ1) is 10.1. The highest BCUT2D eigenvalue weighted by atomic mass is 19.1. The smallest absolute Gasteiger partial charge is 0.283 e. The van der Waals surface area contributed by atoms with Crippen LogP contribution in [0.3, 0.4) is 0 Å². The van der Waals surface area contributed by atoms with Crippen molar-refractivity contribution in [2.45, 2.75) is 13.0 Å². The predicted molar refractivity (Wildman–Crippen MR) is 48.1 cm³/mol. The molecular formula is C9H7FN2O2. The molecule has 1 rings (SSSR count). The van der Waals surface area contributed by atoms with Gasteiger partial charge in [-0.3, -0.25) is 10.1 Å². The number of nitro groups is 1. The maximum atomic E-state index is 13.2. The molecule has 0 bridgehead atoms. The van der Waals surface area contributed by atoms with Crippen LogP contribution in [0.5, 0.6) is 0 Å². The summed E-state index contributed by atoms with van der Waals surface area (Å²) in [5.74, 6) is -0.706. The summed E-state index contributed by atoms with van der Waals surface area (Å²) in [5, 5.41) is 10.5. The van der Waals surface area contributed by atoms with Crippen molar-refractivity contribution >= 4 is 5.69 Å². The van der Waals surface area contributed by atoms with Crippen LogP contribution >= 0.6 is 0 Å². The standard InChI is InChI=1S/C9H7FN2O2/c1-6(11-2)9-7(10)4-3-5-8(9)12(13)14/h3-6H,1H3. The lowest BCUT2D eigenvalue weighted by molar-refractivity contribution is -0.385. The van der Waals surface area contributed by atoms with Crippen molar-refractivity contribution in [3.8, 4) is 0 Å². The van der Waals surface area contributed by atoms with Gasteiger partial charge in [-0.05, 0) is 6.07 Å². The summed E-state index contributed by atoms with van der Waals surface area (Å²) < 4.78 is 13.2. The van der Waals surface area contributed by atoms with Crippen molar-refractivity contribution in [1.82, 2.24) is 0 Å². The molecule has 14 heavy (non-hydrogen) atoms. The number of hydrogen-bond donors (Lipinski definition) is 0. The van der Waals surface area contributed by atoms with Gasteiger partial charge >= 0.3 is 0 Å². The third-order valence-electron chi connectivity index (χ3n) is 1.84. The third kappa shape index (κ3) is 1.69. The minimum absolute atomic E-state index is 0.146. The molecule has 1 unspecified atom stereocenters. The molecule has 0 amide bonds. The highest BCUT2D eigenvalue weighted by Gasteiger charge is 2.26. The SMILES string of the molecule is [C-]#[N+]C(C)c1c(F)cccc1[N+](=O)[O-]. The highest BCUT2D eigenvalue weighted by Crippen LogP contribution is 2.29. The van der Waals surface area contributed by atoms with E-state index in [0.29, 0.717) is 0 Å². The molecule has 1 atom stereocenters. The Morgan fingerprint density at radius 1 is 1.64 bits per heavy atom. The number of halogens is 1. The van der Waals surface area contributed by atoms with Gasteiger partial charge in [-0.25, -0.2) is 11.0 Å². The van der Waals surface area contributed by atoms with Crippen LogP contribution < -0.4 is 0 Å². The van der Waals surface area contributed by atoms with E-state index in [9.17, 15) is 14.5 Å². The van der Waals surface area contributed by atoms with Crippen LogP contribution in [-0.4, -0.2) is 4.92 Å². The zero-order valence-corrected chi connectivity index (χ0v) is 7.40. The van der Waals surface area contributed by atoms with Gasteiger partial charge in [0.25, 0.3) is 11.7 Å².